The van der Waals surface area contributed by atoms with E-state index in [0.29, 0.717) is 11.8 Å². The van der Waals surface area contributed by atoms with Gasteiger partial charge in [0.2, 0.25) is 0 Å². The molecule has 0 N–H and O–H groups in total. The van der Waals surface area contributed by atoms with Crippen LogP contribution in [-0.2, 0) is 0 Å². The van der Waals surface area contributed by atoms with Gasteiger partial charge in [0.15, 0.2) is 0 Å². The Morgan fingerprint density at radius 3 is 1.80 bits per heavy atom. The zero-order valence-corrected chi connectivity index (χ0v) is 18.1. The van der Waals surface area contributed by atoms with Crippen molar-refractivity contribution in [1.82, 2.24) is 9.97 Å². The molecule has 0 unspecified atom stereocenters. The molecule has 0 aliphatic rings. The fourth-order valence-corrected chi connectivity index (χ4v) is 3.63. The van der Waals surface area contributed by atoms with E-state index in [2.05, 4.69) is 99.4 Å². The molecule has 4 aromatic rings. The lowest BCUT2D eigenvalue weighted by Crippen LogP contribution is -1.94. The van der Waals surface area contributed by atoms with Crippen molar-refractivity contribution in [3.8, 4) is 33.8 Å². The average molecular weight is 393 g/mol. The lowest BCUT2D eigenvalue weighted by molar-refractivity contribution is 0.867. The zero-order valence-electron chi connectivity index (χ0n) is 18.1. The van der Waals surface area contributed by atoms with E-state index < -0.39 is 0 Å². The van der Waals surface area contributed by atoms with Gasteiger partial charge in [-0.05, 0) is 71.5 Å². The first-order valence-corrected chi connectivity index (χ1v) is 10.7. The summed E-state index contributed by atoms with van der Waals surface area (Å²) >= 11 is 0. The fourth-order valence-electron chi connectivity index (χ4n) is 3.63. The van der Waals surface area contributed by atoms with E-state index in [1.54, 1.807) is 0 Å². The number of rotatable bonds is 5. The number of aromatic nitrogens is 2. The lowest BCUT2D eigenvalue weighted by Gasteiger charge is -2.13. The maximum Gasteiger partial charge on any atom is 0.0709 e. The van der Waals surface area contributed by atoms with E-state index in [9.17, 15) is 0 Å². The molecule has 0 radical (unpaired) electrons. The smallest absolute Gasteiger partial charge is 0.0709 e. The maximum atomic E-state index is 5.03. The molecule has 0 aliphatic carbocycles. The van der Waals surface area contributed by atoms with Gasteiger partial charge in [-0.2, -0.15) is 0 Å². The third kappa shape index (κ3) is 4.33. The molecule has 0 fully saturated rings. The van der Waals surface area contributed by atoms with E-state index >= 15 is 0 Å². The number of benzene rings is 2. The second-order valence-corrected chi connectivity index (χ2v) is 8.40. The fraction of sp³-hybridized carbons (Fsp3) is 0.214. The second-order valence-electron chi connectivity index (χ2n) is 8.40. The monoisotopic (exact) mass is 392 g/mol. The molecule has 0 amide bonds. The predicted molar refractivity (Wildman–Crippen MR) is 127 cm³/mol. The van der Waals surface area contributed by atoms with Crippen LogP contribution in [0.2, 0.25) is 0 Å². The Kier molecular flexibility index (Phi) is 5.76. The first-order chi connectivity index (χ1) is 14.5. The minimum Gasteiger partial charge on any atom is -0.256 e. The Bertz CT molecular complexity index is 1140. The summed E-state index contributed by atoms with van der Waals surface area (Å²) in [5.41, 5.74) is 9.03. The summed E-state index contributed by atoms with van der Waals surface area (Å²) < 4.78 is 0. The highest BCUT2D eigenvalue weighted by Crippen LogP contribution is 2.31. The molecule has 2 heterocycles. The van der Waals surface area contributed by atoms with E-state index in [4.69, 9.17) is 4.98 Å². The summed E-state index contributed by atoms with van der Waals surface area (Å²) in [5.74, 6) is 0.926. The van der Waals surface area contributed by atoms with E-state index in [1.807, 2.05) is 18.3 Å². The molecule has 4 rings (SSSR count). The standard InChI is InChI=1S/C28H28N2/c1-19(2)21-9-7-10-22(15-21)27-12-8-13-28(30-27)25-17-23(20(3)4)16-24(18-25)26-11-5-6-14-29-26/h5-20H,1-4H3. The molecule has 0 saturated heterocycles. The summed E-state index contributed by atoms with van der Waals surface area (Å²) in [6.07, 6.45) is 1.84. The summed E-state index contributed by atoms with van der Waals surface area (Å²) in [6.45, 7) is 8.89. The molecule has 0 aliphatic heterocycles. The van der Waals surface area contributed by atoms with Crippen LogP contribution in [-0.4, -0.2) is 9.97 Å². The Morgan fingerprint density at radius 1 is 0.533 bits per heavy atom. The van der Waals surface area contributed by atoms with Gasteiger partial charge < -0.3 is 0 Å². The zero-order chi connectivity index (χ0) is 21.1. The predicted octanol–water partition coefficient (Wildman–Crippen LogP) is 7.72. The minimum atomic E-state index is 0.429. The van der Waals surface area contributed by atoms with Gasteiger partial charge in [0.25, 0.3) is 0 Å². The molecular weight excluding hydrogens is 364 g/mol. The van der Waals surface area contributed by atoms with Crippen LogP contribution in [0.1, 0.15) is 50.7 Å². The first-order valence-electron chi connectivity index (χ1n) is 10.7. The van der Waals surface area contributed by atoms with Crippen molar-refractivity contribution < 1.29 is 0 Å². The molecule has 30 heavy (non-hydrogen) atoms. The first kappa shape index (κ1) is 20.0. The van der Waals surface area contributed by atoms with Crippen molar-refractivity contribution in [3.05, 3.63) is 96.2 Å². The number of hydrogen-bond donors (Lipinski definition) is 0. The van der Waals surface area contributed by atoms with Crippen molar-refractivity contribution in [2.45, 2.75) is 39.5 Å². The third-order valence-electron chi connectivity index (χ3n) is 5.48. The quantitative estimate of drug-likeness (QED) is 0.347. The SMILES string of the molecule is CC(C)c1cccc(-c2cccc(-c3cc(-c4ccccn4)cc(C(C)C)c3)n2)c1. The van der Waals surface area contributed by atoms with Crippen LogP contribution in [0.15, 0.2) is 85.1 Å². The van der Waals surface area contributed by atoms with Gasteiger partial charge in [0.05, 0.1) is 17.1 Å². The van der Waals surface area contributed by atoms with Gasteiger partial charge in [0.1, 0.15) is 0 Å². The van der Waals surface area contributed by atoms with Crippen molar-refractivity contribution >= 4 is 0 Å². The molecule has 150 valence electrons. The second kappa shape index (κ2) is 8.62. The van der Waals surface area contributed by atoms with Gasteiger partial charge in [-0.3, -0.25) is 4.98 Å². The molecule has 2 heteroatoms. The van der Waals surface area contributed by atoms with Crippen LogP contribution >= 0.6 is 0 Å². The highest BCUT2D eigenvalue weighted by molar-refractivity contribution is 5.73. The summed E-state index contributed by atoms with van der Waals surface area (Å²) in [4.78, 5) is 9.58. The highest BCUT2D eigenvalue weighted by atomic mass is 14.7. The molecule has 0 spiro atoms. The normalized spacial score (nSPS) is 11.3. The van der Waals surface area contributed by atoms with Crippen molar-refractivity contribution in [1.29, 1.82) is 0 Å². The largest absolute Gasteiger partial charge is 0.256 e. The maximum absolute atomic E-state index is 5.03. The van der Waals surface area contributed by atoms with E-state index in [1.165, 1.54) is 11.1 Å². The number of pyridine rings is 2. The molecular formula is C28H28N2. The van der Waals surface area contributed by atoms with Gasteiger partial charge in [-0.15, -0.1) is 0 Å². The molecule has 2 aromatic carbocycles. The molecule has 0 bridgehead atoms. The molecule has 2 nitrogen and oxygen atoms in total. The van der Waals surface area contributed by atoms with Crippen molar-refractivity contribution in [2.24, 2.45) is 0 Å². The minimum absolute atomic E-state index is 0.429. The number of hydrogen-bond acceptors (Lipinski definition) is 2. The topological polar surface area (TPSA) is 25.8 Å². The summed E-state index contributed by atoms with van der Waals surface area (Å²) in [6, 6.07) is 27.7. The Hall–Kier alpha value is -3.26. The van der Waals surface area contributed by atoms with Crippen LogP contribution in [0.4, 0.5) is 0 Å². The Balaban J connectivity index is 1.80. The van der Waals surface area contributed by atoms with Gasteiger partial charge in [0, 0.05) is 22.9 Å². The Morgan fingerprint density at radius 2 is 1.13 bits per heavy atom. The summed E-state index contributed by atoms with van der Waals surface area (Å²) in [5, 5.41) is 0. The van der Waals surface area contributed by atoms with E-state index in [0.717, 1.165) is 33.8 Å². The lowest BCUT2D eigenvalue weighted by atomic mass is 9.94. The summed E-state index contributed by atoms with van der Waals surface area (Å²) in [7, 11) is 0. The van der Waals surface area contributed by atoms with Crippen molar-refractivity contribution in [2.75, 3.05) is 0 Å². The number of nitrogens with zero attached hydrogens (tertiary/aromatic N) is 2. The molecule has 0 saturated carbocycles. The van der Waals surface area contributed by atoms with Crippen LogP contribution < -0.4 is 0 Å². The van der Waals surface area contributed by atoms with Gasteiger partial charge in [-0.1, -0.05) is 58.0 Å². The van der Waals surface area contributed by atoms with Crippen LogP contribution in [0.25, 0.3) is 33.8 Å². The van der Waals surface area contributed by atoms with Gasteiger partial charge >= 0.3 is 0 Å². The average Bonchev–Trinajstić information content (AvgIpc) is 2.79. The van der Waals surface area contributed by atoms with Crippen molar-refractivity contribution in [3.63, 3.8) is 0 Å². The highest BCUT2D eigenvalue weighted by Gasteiger charge is 2.11. The van der Waals surface area contributed by atoms with Crippen LogP contribution in [0.5, 0.6) is 0 Å². The molecule has 0 atom stereocenters. The Labute approximate surface area is 179 Å². The van der Waals surface area contributed by atoms with Crippen LogP contribution in [0.3, 0.4) is 0 Å². The van der Waals surface area contributed by atoms with Crippen LogP contribution in [0, 0.1) is 0 Å². The van der Waals surface area contributed by atoms with E-state index in [-0.39, 0.29) is 0 Å². The molecule has 2 aromatic heterocycles. The van der Waals surface area contributed by atoms with Gasteiger partial charge in [-0.25, -0.2) is 4.98 Å². The third-order valence-corrected chi connectivity index (χ3v) is 5.48.